The van der Waals surface area contributed by atoms with Crippen LogP contribution in [0.2, 0.25) is 0 Å². The Labute approximate surface area is 149 Å². The third-order valence-electron chi connectivity index (χ3n) is 4.57. The van der Waals surface area contributed by atoms with E-state index in [2.05, 4.69) is 4.98 Å². The summed E-state index contributed by atoms with van der Waals surface area (Å²) in [7, 11) is 1.96. The second kappa shape index (κ2) is 8.62. The molecule has 0 unspecified atom stereocenters. The molecule has 1 aliphatic heterocycles. The van der Waals surface area contributed by atoms with Crippen molar-refractivity contribution in [1.82, 2.24) is 9.88 Å². The Hall–Kier alpha value is -2.40. The fourth-order valence-corrected chi connectivity index (χ4v) is 3.05. The van der Waals surface area contributed by atoms with Gasteiger partial charge in [-0.3, -0.25) is 9.78 Å². The second-order valence-corrected chi connectivity index (χ2v) is 6.44. The van der Waals surface area contributed by atoms with Gasteiger partial charge in [0, 0.05) is 38.2 Å². The number of likely N-dealkylation sites (tertiary alicyclic amines) is 1. The minimum Gasteiger partial charge on any atom is -0.373 e. The van der Waals surface area contributed by atoms with Crippen LogP contribution >= 0.6 is 0 Å². The quantitative estimate of drug-likeness (QED) is 0.812. The number of aromatic nitrogens is 1. The maximum Gasteiger partial charge on any atom is 0.242 e. The maximum atomic E-state index is 12.5. The molecule has 5 nitrogen and oxygen atoms in total. The molecule has 2 aromatic rings. The first kappa shape index (κ1) is 17.4. The van der Waals surface area contributed by atoms with Crippen LogP contribution in [-0.4, -0.2) is 48.6 Å². The van der Waals surface area contributed by atoms with Crippen molar-refractivity contribution in [3.63, 3.8) is 0 Å². The zero-order chi connectivity index (χ0) is 17.5. The summed E-state index contributed by atoms with van der Waals surface area (Å²) in [4.78, 5) is 20.5. The molecule has 3 rings (SSSR count). The molecule has 0 radical (unpaired) electrons. The van der Waals surface area contributed by atoms with Crippen LogP contribution in [0.3, 0.4) is 0 Å². The van der Waals surface area contributed by atoms with Crippen LogP contribution in [0.25, 0.3) is 0 Å². The van der Waals surface area contributed by atoms with Crippen molar-refractivity contribution in [3.05, 3.63) is 60.4 Å². The lowest BCUT2D eigenvalue weighted by molar-refractivity contribution is -0.132. The van der Waals surface area contributed by atoms with Crippen molar-refractivity contribution in [3.8, 4) is 0 Å². The van der Waals surface area contributed by atoms with Gasteiger partial charge in [-0.2, -0.15) is 0 Å². The lowest BCUT2D eigenvalue weighted by Crippen LogP contribution is -2.45. The summed E-state index contributed by atoms with van der Waals surface area (Å²) in [5, 5.41) is 0. The van der Waals surface area contributed by atoms with Crippen molar-refractivity contribution < 1.29 is 9.53 Å². The molecule has 25 heavy (non-hydrogen) atoms. The standard InChI is InChI=1S/C20H25N3O2/c1-22(18-7-3-2-4-8-18)15-20(24)23-12-9-19(10-13-23)25-16-17-6-5-11-21-14-17/h2-8,11,14,19H,9-10,12-13,15-16H2,1H3. The third kappa shape index (κ3) is 5.03. The van der Waals surface area contributed by atoms with Crippen LogP contribution in [-0.2, 0) is 16.1 Å². The number of likely N-dealkylation sites (N-methyl/N-ethyl adjacent to an activating group) is 1. The van der Waals surface area contributed by atoms with E-state index in [0.29, 0.717) is 13.2 Å². The zero-order valence-electron chi connectivity index (χ0n) is 14.7. The first-order valence-electron chi connectivity index (χ1n) is 8.77. The Morgan fingerprint density at radius 1 is 1.20 bits per heavy atom. The highest BCUT2D eigenvalue weighted by molar-refractivity contribution is 5.81. The number of hydrogen-bond acceptors (Lipinski definition) is 4. The molecule has 1 fully saturated rings. The molecular formula is C20H25N3O2. The van der Waals surface area contributed by atoms with E-state index < -0.39 is 0 Å². The maximum absolute atomic E-state index is 12.5. The van der Waals surface area contributed by atoms with Gasteiger partial charge in [0.15, 0.2) is 0 Å². The predicted octanol–water partition coefficient (Wildman–Crippen LogP) is 2.73. The molecule has 1 aromatic heterocycles. The van der Waals surface area contributed by atoms with Crippen molar-refractivity contribution >= 4 is 11.6 Å². The summed E-state index contributed by atoms with van der Waals surface area (Å²) in [5.41, 5.74) is 2.15. The van der Waals surface area contributed by atoms with Gasteiger partial charge in [0.2, 0.25) is 5.91 Å². The molecule has 1 aromatic carbocycles. The van der Waals surface area contributed by atoms with Crippen LogP contribution in [0.4, 0.5) is 5.69 Å². The SMILES string of the molecule is CN(CC(=O)N1CCC(OCc2cccnc2)CC1)c1ccccc1. The number of hydrogen-bond donors (Lipinski definition) is 0. The highest BCUT2D eigenvalue weighted by Crippen LogP contribution is 2.17. The summed E-state index contributed by atoms with van der Waals surface area (Å²) in [6.07, 6.45) is 5.59. The van der Waals surface area contributed by atoms with E-state index in [9.17, 15) is 4.79 Å². The average molecular weight is 339 g/mol. The topological polar surface area (TPSA) is 45.7 Å². The number of anilines is 1. The number of amides is 1. The highest BCUT2D eigenvalue weighted by atomic mass is 16.5. The fraction of sp³-hybridized carbons (Fsp3) is 0.400. The van der Waals surface area contributed by atoms with Gasteiger partial charge in [0.05, 0.1) is 19.3 Å². The number of piperidine rings is 1. The summed E-state index contributed by atoms with van der Waals surface area (Å²) in [5.74, 6) is 0.178. The molecule has 1 saturated heterocycles. The lowest BCUT2D eigenvalue weighted by atomic mass is 10.1. The van der Waals surface area contributed by atoms with Gasteiger partial charge in [0.25, 0.3) is 0 Å². The number of benzene rings is 1. The fourth-order valence-electron chi connectivity index (χ4n) is 3.05. The van der Waals surface area contributed by atoms with Gasteiger partial charge in [0.1, 0.15) is 0 Å². The second-order valence-electron chi connectivity index (χ2n) is 6.44. The number of carbonyl (C=O) groups excluding carboxylic acids is 1. The summed E-state index contributed by atoms with van der Waals surface area (Å²) in [6, 6.07) is 13.9. The van der Waals surface area contributed by atoms with Crippen LogP contribution in [0.5, 0.6) is 0 Å². The number of pyridine rings is 1. The minimum atomic E-state index is 0.178. The number of carbonyl (C=O) groups is 1. The molecule has 5 heteroatoms. The first-order valence-corrected chi connectivity index (χ1v) is 8.77. The van der Waals surface area contributed by atoms with Crippen LogP contribution in [0.15, 0.2) is 54.9 Å². The van der Waals surface area contributed by atoms with Gasteiger partial charge in [-0.15, -0.1) is 0 Å². The molecule has 2 heterocycles. The molecule has 1 aliphatic rings. The molecular weight excluding hydrogens is 314 g/mol. The van der Waals surface area contributed by atoms with Crippen molar-refractivity contribution in [1.29, 1.82) is 0 Å². The van der Waals surface area contributed by atoms with Gasteiger partial charge in [-0.1, -0.05) is 24.3 Å². The molecule has 0 spiro atoms. The largest absolute Gasteiger partial charge is 0.373 e. The molecule has 0 atom stereocenters. The Morgan fingerprint density at radius 3 is 2.64 bits per heavy atom. The zero-order valence-corrected chi connectivity index (χ0v) is 14.7. The van der Waals surface area contributed by atoms with Gasteiger partial charge >= 0.3 is 0 Å². The van der Waals surface area contributed by atoms with Gasteiger partial charge < -0.3 is 14.5 Å². The number of nitrogens with zero attached hydrogens (tertiary/aromatic N) is 3. The molecule has 0 N–H and O–H groups in total. The smallest absolute Gasteiger partial charge is 0.242 e. The minimum absolute atomic E-state index is 0.178. The third-order valence-corrected chi connectivity index (χ3v) is 4.57. The molecule has 0 aliphatic carbocycles. The van der Waals surface area contributed by atoms with E-state index in [4.69, 9.17) is 4.74 Å². The van der Waals surface area contributed by atoms with E-state index in [0.717, 1.165) is 37.2 Å². The number of para-hydroxylation sites is 1. The van der Waals surface area contributed by atoms with Crippen molar-refractivity contribution in [2.24, 2.45) is 0 Å². The molecule has 1 amide bonds. The predicted molar refractivity (Wildman–Crippen MR) is 98.3 cm³/mol. The van der Waals surface area contributed by atoms with E-state index in [1.807, 2.05) is 65.5 Å². The summed E-state index contributed by atoms with van der Waals surface area (Å²) < 4.78 is 5.96. The van der Waals surface area contributed by atoms with E-state index in [1.54, 1.807) is 6.20 Å². The number of ether oxygens (including phenoxy) is 1. The van der Waals surface area contributed by atoms with Crippen LogP contribution < -0.4 is 4.90 Å². The van der Waals surface area contributed by atoms with E-state index >= 15 is 0 Å². The Balaban J connectivity index is 1.41. The van der Waals surface area contributed by atoms with Crippen molar-refractivity contribution in [2.75, 3.05) is 31.6 Å². The highest BCUT2D eigenvalue weighted by Gasteiger charge is 2.23. The molecule has 0 saturated carbocycles. The van der Waals surface area contributed by atoms with Gasteiger partial charge in [-0.25, -0.2) is 0 Å². The monoisotopic (exact) mass is 339 g/mol. The Bertz CT molecular complexity index is 655. The summed E-state index contributed by atoms with van der Waals surface area (Å²) in [6.45, 7) is 2.52. The normalized spacial score (nSPS) is 15.2. The van der Waals surface area contributed by atoms with Crippen LogP contribution in [0.1, 0.15) is 18.4 Å². The van der Waals surface area contributed by atoms with Gasteiger partial charge in [-0.05, 0) is 36.6 Å². The molecule has 0 bridgehead atoms. The summed E-state index contributed by atoms with van der Waals surface area (Å²) >= 11 is 0. The van der Waals surface area contributed by atoms with Crippen molar-refractivity contribution in [2.45, 2.75) is 25.6 Å². The average Bonchev–Trinajstić information content (AvgIpc) is 2.68. The van der Waals surface area contributed by atoms with Crippen LogP contribution in [0, 0.1) is 0 Å². The molecule has 132 valence electrons. The number of rotatable bonds is 6. The van der Waals surface area contributed by atoms with E-state index in [-0.39, 0.29) is 12.0 Å². The lowest BCUT2D eigenvalue weighted by Gasteiger charge is -2.33. The Morgan fingerprint density at radius 2 is 1.96 bits per heavy atom. The Kier molecular flexibility index (Phi) is 6.01. The first-order chi connectivity index (χ1) is 12.2. The van der Waals surface area contributed by atoms with E-state index in [1.165, 1.54) is 0 Å².